The van der Waals surface area contributed by atoms with Crippen molar-refractivity contribution < 1.29 is 41.7 Å². The molecule has 14 heteroatoms. The van der Waals surface area contributed by atoms with E-state index in [1.807, 2.05) is 18.7 Å². The second-order valence-corrected chi connectivity index (χ2v) is 13.6. The van der Waals surface area contributed by atoms with Crippen LogP contribution in [0.1, 0.15) is 31.2 Å². The summed E-state index contributed by atoms with van der Waals surface area (Å²) in [4.78, 5) is 35.6. The van der Waals surface area contributed by atoms with E-state index in [4.69, 9.17) is 18.9 Å². The van der Waals surface area contributed by atoms with Crippen LogP contribution in [0.25, 0.3) is 0 Å². The van der Waals surface area contributed by atoms with Gasteiger partial charge in [-0.15, -0.1) is 0 Å². The number of carbonyl (C=O) groups excluding carboxylic acids is 3. The number of ether oxygens (including phenoxy) is 4. The third-order valence-electron chi connectivity index (χ3n) is 6.89. The van der Waals surface area contributed by atoms with Crippen LogP contribution in [0, 0.1) is 6.92 Å². The van der Waals surface area contributed by atoms with Crippen molar-refractivity contribution in [1.82, 2.24) is 16.0 Å². The number of hydrogen-bond acceptors (Lipinski definition) is 10. The summed E-state index contributed by atoms with van der Waals surface area (Å²) in [7, 11) is -3.68. The number of amides is 3. The van der Waals surface area contributed by atoms with Crippen LogP contribution in [0.5, 0.6) is 0 Å². The number of unbranched alkanes of at least 4 members (excludes halogenated alkanes) is 1. The van der Waals surface area contributed by atoms with Gasteiger partial charge in [0.1, 0.15) is 6.61 Å². The molecule has 0 bridgehead atoms. The van der Waals surface area contributed by atoms with E-state index < -0.39 is 21.6 Å². The molecule has 3 amide bonds. The van der Waals surface area contributed by atoms with Gasteiger partial charge < -0.3 is 34.9 Å². The predicted octanol–water partition coefficient (Wildman–Crippen LogP) is 1.76. The van der Waals surface area contributed by atoms with E-state index in [1.165, 1.54) is 12.1 Å². The summed E-state index contributed by atoms with van der Waals surface area (Å²) in [6, 6.07) is 6.74. The van der Waals surface area contributed by atoms with Crippen LogP contribution in [0.3, 0.4) is 0 Å². The number of benzene rings is 1. The van der Waals surface area contributed by atoms with Gasteiger partial charge >= 0.3 is 12.0 Å². The van der Waals surface area contributed by atoms with Crippen LogP contribution in [0.15, 0.2) is 41.3 Å². The van der Waals surface area contributed by atoms with E-state index in [2.05, 4.69) is 22.5 Å². The highest BCUT2D eigenvalue weighted by Gasteiger charge is 2.42. The van der Waals surface area contributed by atoms with Crippen LogP contribution in [0.4, 0.5) is 4.79 Å². The molecule has 2 fully saturated rings. The third-order valence-corrected chi connectivity index (χ3v) is 10.1. The zero-order chi connectivity index (χ0) is 31.1. The van der Waals surface area contributed by atoms with Gasteiger partial charge in [-0.25, -0.2) is 18.0 Å². The molecule has 1 aromatic rings. The smallest absolute Gasteiger partial charge is 0.334 e. The van der Waals surface area contributed by atoms with Gasteiger partial charge in [0.15, 0.2) is 9.84 Å². The molecule has 3 N–H and O–H groups in total. The molecule has 0 spiro atoms. The van der Waals surface area contributed by atoms with E-state index >= 15 is 0 Å². The standard InChI is InChI=1S/C29H43N3O9S2/c1-21-7-9-23(10-8-21)43(36,37)20-22(2)28(34)41-18-17-40-16-15-39-14-13-38-12-11-30-26(33)6-4-3-5-25-27-24(19-42-25)31-29(35)32-27/h7-10,24-25,27H,2-6,11-20H2,1H3,(H,30,33)(H2,31,32,35)/t24-,25-,27-/m0/s1. The molecule has 0 radical (unpaired) electrons. The summed E-state index contributed by atoms with van der Waals surface area (Å²) in [5.41, 5.74) is 0.792. The second-order valence-electron chi connectivity index (χ2n) is 10.4. The molecular formula is C29H43N3O9S2. The van der Waals surface area contributed by atoms with Crippen molar-refractivity contribution in [2.75, 3.05) is 64.3 Å². The van der Waals surface area contributed by atoms with E-state index in [-0.39, 0.29) is 47.7 Å². The minimum atomic E-state index is -3.68. The highest BCUT2D eigenvalue weighted by atomic mass is 32.2. The number of rotatable bonds is 21. The number of carbonyl (C=O) groups is 3. The Labute approximate surface area is 257 Å². The highest BCUT2D eigenvalue weighted by molar-refractivity contribution is 8.00. The summed E-state index contributed by atoms with van der Waals surface area (Å²) in [5, 5.41) is 9.19. The molecule has 240 valence electrons. The van der Waals surface area contributed by atoms with Crippen molar-refractivity contribution in [3.8, 4) is 0 Å². The fraction of sp³-hybridized carbons (Fsp3) is 0.621. The third kappa shape index (κ3) is 12.5. The first-order valence-electron chi connectivity index (χ1n) is 14.5. The van der Waals surface area contributed by atoms with Crippen LogP contribution < -0.4 is 16.0 Å². The minimum absolute atomic E-state index is 0.00654. The molecule has 2 aliphatic rings. The van der Waals surface area contributed by atoms with Crippen molar-refractivity contribution in [3.05, 3.63) is 42.0 Å². The molecule has 2 saturated heterocycles. The Morgan fingerprint density at radius 2 is 1.63 bits per heavy atom. The van der Waals surface area contributed by atoms with Crippen molar-refractivity contribution in [3.63, 3.8) is 0 Å². The molecule has 1 aromatic carbocycles. The maximum atomic E-state index is 12.4. The monoisotopic (exact) mass is 641 g/mol. The number of sulfone groups is 1. The topological polar surface area (TPSA) is 158 Å². The Bertz CT molecular complexity index is 1180. The highest BCUT2D eigenvalue weighted by Crippen LogP contribution is 2.33. The molecule has 3 atom stereocenters. The molecule has 43 heavy (non-hydrogen) atoms. The largest absolute Gasteiger partial charge is 0.460 e. The van der Waals surface area contributed by atoms with E-state index in [1.54, 1.807) is 12.1 Å². The first-order valence-corrected chi connectivity index (χ1v) is 17.2. The zero-order valence-corrected chi connectivity index (χ0v) is 26.3. The lowest BCUT2D eigenvalue weighted by molar-refractivity contribution is -0.140. The van der Waals surface area contributed by atoms with Gasteiger partial charge in [-0.1, -0.05) is 30.7 Å². The normalized spacial score (nSPS) is 19.4. The van der Waals surface area contributed by atoms with E-state index in [9.17, 15) is 22.8 Å². The summed E-state index contributed by atoms with van der Waals surface area (Å²) < 4.78 is 46.1. The number of esters is 1. The summed E-state index contributed by atoms with van der Waals surface area (Å²) >= 11 is 1.88. The molecule has 3 rings (SSSR count). The maximum Gasteiger partial charge on any atom is 0.334 e. The van der Waals surface area contributed by atoms with Crippen LogP contribution >= 0.6 is 11.8 Å². The predicted molar refractivity (Wildman–Crippen MR) is 163 cm³/mol. The minimum Gasteiger partial charge on any atom is -0.460 e. The lowest BCUT2D eigenvalue weighted by atomic mass is 10.0. The SMILES string of the molecule is C=C(CS(=O)(=O)c1ccc(C)cc1)C(=O)OCCOCCOCCOCCNC(=O)CCCC[C@@H]1SC[C@@H]2NC(=O)N[C@@H]21. The van der Waals surface area contributed by atoms with Gasteiger partial charge in [0, 0.05) is 29.5 Å². The first kappa shape index (κ1) is 34.8. The van der Waals surface area contributed by atoms with Crippen molar-refractivity contribution >= 4 is 39.5 Å². The number of fused-ring (bicyclic) bond motifs is 1. The first-order chi connectivity index (χ1) is 20.7. The van der Waals surface area contributed by atoms with Gasteiger partial charge in [0.25, 0.3) is 0 Å². The summed E-state index contributed by atoms with van der Waals surface area (Å²) in [6.07, 6.45) is 3.23. The van der Waals surface area contributed by atoms with Gasteiger partial charge in [-0.2, -0.15) is 11.8 Å². The Morgan fingerprint density at radius 3 is 2.33 bits per heavy atom. The van der Waals surface area contributed by atoms with Crippen LogP contribution in [-0.4, -0.2) is 108 Å². The molecule has 0 aromatic heterocycles. The number of urea groups is 1. The zero-order valence-electron chi connectivity index (χ0n) is 24.6. The summed E-state index contributed by atoms with van der Waals surface area (Å²) in [6.45, 7) is 7.72. The van der Waals surface area contributed by atoms with Gasteiger partial charge in [-0.3, -0.25) is 4.79 Å². The van der Waals surface area contributed by atoms with Gasteiger partial charge in [-0.05, 0) is 31.9 Å². The van der Waals surface area contributed by atoms with Gasteiger partial charge in [0.2, 0.25) is 5.91 Å². The molecule has 0 saturated carbocycles. The molecule has 2 aliphatic heterocycles. The molecule has 0 aliphatic carbocycles. The molecular weight excluding hydrogens is 598 g/mol. The fourth-order valence-electron chi connectivity index (χ4n) is 4.58. The van der Waals surface area contributed by atoms with Gasteiger partial charge in [0.05, 0.1) is 62.4 Å². The number of aryl methyl sites for hydroxylation is 1. The average molecular weight is 642 g/mol. The van der Waals surface area contributed by atoms with E-state index in [0.29, 0.717) is 51.2 Å². The second kappa shape index (κ2) is 18.2. The Kier molecular flexibility index (Phi) is 14.8. The van der Waals surface area contributed by atoms with Crippen molar-refractivity contribution in [2.24, 2.45) is 0 Å². The van der Waals surface area contributed by atoms with E-state index in [0.717, 1.165) is 30.6 Å². The lowest BCUT2D eigenvalue weighted by Gasteiger charge is -2.16. The Hall–Kier alpha value is -2.65. The molecule has 12 nitrogen and oxygen atoms in total. The Morgan fingerprint density at radius 1 is 0.977 bits per heavy atom. The summed E-state index contributed by atoms with van der Waals surface area (Å²) in [5.74, 6) is -0.343. The maximum absolute atomic E-state index is 12.4. The quantitative estimate of drug-likeness (QED) is 0.0782. The lowest BCUT2D eigenvalue weighted by Crippen LogP contribution is -2.36. The number of hydrogen-bond donors (Lipinski definition) is 3. The molecule has 2 heterocycles. The Balaban J connectivity index is 1.07. The van der Waals surface area contributed by atoms with Crippen molar-refractivity contribution in [1.29, 1.82) is 0 Å². The van der Waals surface area contributed by atoms with Crippen molar-refractivity contribution in [2.45, 2.75) is 54.8 Å². The number of nitrogens with one attached hydrogen (secondary N) is 3. The number of thioether (sulfide) groups is 1. The van der Waals surface area contributed by atoms with Crippen LogP contribution in [0.2, 0.25) is 0 Å². The molecule has 0 unspecified atom stereocenters. The fourth-order valence-corrected chi connectivity index (χ4v) is 7.42. The average Bonchev–Trinajstić information content (AvgIpc) is 3.52. The van der Waals surface area contributed by atoms with Crippen LogP contribution in [-0.2, 0) is 38.4 Å².